The quantitative estimate of drug-likeness (QED) is 0.583. The summed E-state index contributed by atoms with van der Waals surface area (Å²) >= 11 is 0. The smallest absolute Gasteiger partial charge is 0.225 e. The van der Waals surface area contributed by atoms with Crippen molar-refractivity contribution >= 4 is 5.91 Å². The number of nitrogens with zero attached hydrogens (tertiary/aromatic N) is 1. The standard InChI is InChI=1S/C11H23NO/c1-5-7-8-9-12(6-2)11(13)10(3)4/h10H,5-9H2,1-4H3. The van der Waals surface area contributed by atoms with E-state index in [2.05, 4.69) is 6.92 Å². The maximum absolute atomic E-state index is 11.6. The van der Waals surface area contributed by atoms with E-state index < -0.39 is 0 Å². The van der Waals surface area contributed by atoms with Crippen LogP contribution in [-0.2, 0) is 4.79 Å². The molecule has 0 fully saturated rings. The summed E-state index contributed by atoms with van der Waals surface area (Å²) < 4.78 is 0. The monoisotopic (exact) mass is 185 g/mol. The second-order valence-electron chi connectivity index (χ2n) is 3.78. The summed E-state index contributed by atoms with van der Waals surface area (Å²) in [6.07, 6.45) is 3.58. The predicted octanol–water partition coefficient (Wildman–Crippen LogP) is 2.68. The lowest BCUT2D eigenvalue weighted by atomic mass is 10.1. The molecule has 0 N–H and O–H groups in total. The molecule has 0 unspecified atom stereocenters. The molecule has 0 aliphatic carbocycles. The average Bonchev–Trinajstić information content (AvgIpc) is 2.11. The Balaban J connectivity index is 3.81. The van der Waals surface area contributed by atoms with Gasteiger partial charge in [0.2, 0.25) is 5.91 Å². The maximum Gasteiger partial charge on any atom is 0.225 e. The molecule has 0 saturated carbocycles. The van der Waals surface area contributed by atoms with Gasteiger partial charge in [0.15, 0.2) is 0 Å². The van der Waals surface area contributed by atoms with Crippen molar-refractivity contribution in [2.75, 3.05) is 13.1 Å². The molecule has 0 aromatic heterocycles. The first-order valence-corrected chi connectivity index (χ1v) is 5.42. The predicted molar refractivity (Wildman–Crippen MR) is 56.6 cm³/mol. The molecule has 2 nitrogen and oxygen atoms in total. The van der Waals surface area contributed by atoms with Gasteiger partial charge in [0.1, 0.15) is 0 Å². The van der Waals surface area contributed by atoms with Crippen LogP contribution < -0.4 is 0 Å². The van der Waals surface area contributed by atoms with E-state index >= 15 is 0 Å². The van der Waals surface area contributed by atoms with E-state index in [1.165, 1.54) is 12.8 Å². The van der Waals surface area contributed by atoms with Crippen molar-refractivity contribution in [3.63, 3.8) is 0 Å². The first kappa shape index (κ1) is 12.5. The molecule has 0 aliphatic rings. The van der Waals surface area contributed by atoms with Gasteiger partial charge in [-0.1, -0.05) is 33.6 Å². The van der Waals surface area contributed by atoms with E-state index in [1.807, 2.05) is 25.7 Å². The molecule has 0 aliphatic heterocycles. The molecule has 0 radical (unpaired) electrons. The number of carbonyl (C=O) groups excluding carboxylic acids is 1. The average molecular weight is 185 g/mol. The Labute approximate surface area is 82.3 Å². The summed E-state index contributed by atoms with van der Waals surface area (Å²) in [5, 5.41) is 0. The first-order valence-electron chi connectivity index (χ1n) is 5.42. The van der Waals surface area contributed by atoms with Crippen molar-refractivity contribution < 1.29 is 4.79 Å². The number of hydrogen-bond donors (Lipinski definition) is 0. The molecule has 0 atom stereocenters. The van der Waals surface area contributed by atoms with Gasteiger partial charge in [0, 0.05) is 19.0 Å². The lowest BCUT2D eigenvalue weighted by molar-refractivity contribution is -0.134. The Morgan fingerprint density at radius 2 is 1.85 bits per heavy atom. The van der Waals surface area contributed by atoms with Crippen LogP contribution in [0.25, 0.3) is 0 Å². The zero-order valence-electron chi connectivity index (χ0n) is 9.47. The number of rotatable bonds is 6. The van der Waals surface area contributed by atoms with Crippen LogP contribution in [0.3, 0.4) is 0 Å². The number of hydrogen-bond acceptors (Lipinski definition) is 1. The molecule has 0 rings (SSSR count). The van der Waals surface area contributed by atoms with Crippen molar-refractivity contribution in [1.82, 2.24) is 4.90 Å². The Kier molecular flexibility index (Phi) is 6.65. The van der Waals surface area contributed by atoms with E-state index in [-0.39, 0.29) is 5.92 Å². The van der Waals surface area contributed by atoms with Crippen molar-refractivity contribution in [3.8, 4) is 0 Å². The summed E-state index contributed by atoms with van der Waals surface area (Å²) in [5.41, 5.74) is 0. The SMILES string of the molecule is CCCCCN(CC)C(=O)C(C)C. The van der Waals surface area contributed by atoms with Crippen LogP contribution in [0.1, 0.15) is 47.0 Å². The van der Waals surface area contributed by atoms with Crippen LogP contribution in [-0.4, -0.2) is 23.9 Å². The molecule has 0 saturated heterocycles. The Morgan fingerprint density at radius 3 is 2.23 bits per heavy atom. The maximum atomic E-state index is 11.6. The topological polar surface area (TPSA) is 20.3 Å². The van der Waals surface area contributed by atoms with Crippen molar-refractivity contribution in [2.24, 2.45) is 5.92 Å². The molecule has 1 amide bonds. The van der Waals surface area contributed by atoms with Crippen LogP contribution in [0.15, 0.2) is 0 Å². The number of amides is 1. The Morgan fingerprint density at radius 1 is 1.23 bits per heavy atom. The van der Waals surface area contributed by atoms with Crippen LogP contribution in [0.5, 0.6) is 0 Å². The molecule has 2 heteroatoms. The van der Waals surface area contributed by atoms with Crippen LogP contribution in [0, 0.1) is 5.92 Å². The zero-order chi connectivity index (χ0) is 10.3. The Bertz CT molecular complexity index is 143. The van der Waals surface area contributed by atoms with Gasteiger partial charge in [-0.05, 0) is 13.3 Å². The third kappa shape index (κ3) is 4.91. The normalized spacial score (nSPS) is 10.5. The Hall–Kier alpha value is -0.530. The molecule has 13 heavy (non-hydrogen) atoms. The fraction of sp³-hybridized carbons (Fsp3) is 0.909. The summed E-state index contributed by atoms with van der Waals surface area (Å²) in [5.74, 6) is 0.431. The number of unbranched alkanes of at least 4 members (excludes halogenated alkanes) is 2. The van der Waals surface area contributed by atoms with E-state index in [0.29, 0.717) is 5.91 Å². The van der Waals surface area contributed by atoms with Crippen molar-refractivity contribution in [1.29, 1.82) is 0 Å². The van der Waals surface area contributed by atoms with Gasteiger partial charge in [0.05, 0.1) is 0 Å². The second-order valence-corrected chi connectivity index (χ2v) is 3.78. The van der Waals surface area contributed by atoms with E-state index in [9.17, 15) is 4.79 Å². The highest BCUT2D eigenvalue weighted by Crippen LogP contribution is 2.04. The molecular weight excluding hydrogens is 162 g/mol. The lowest BCUT2D eigenvalue weighted by Gasteiger charge is -2.22. The van der Waals surface area contributed by atoms with Crippen LogP contribution in [0.4, 0.5) is 0 Å². The molecule has 0 aromatic carbocycles. The van der Waals surface area contributed by atoms with E-state index in [0.717, 1.165) is 19.5 Å². The largest absolute Gasteiger partial charge is 0.343 e. The minimum Gasteiger partial charge on any atom is -0.343 e. The molecule has 78 valence electrons. The number of carbonyl (C=O) groups is 1. The fourth-order valence-corrected chi connectivity index (χ4v) is 1.34. The highest BCUT2D eigenvalue weighted by Gasteiger charge is 2.13. The van der Waals surface area contributed by atoms with Crippen molar-refractivity contribution in [2.45, 2.75) is 47.0 Å². The minimum atomic E-state index is 0.140. The molecule has 0 spiro atoms. The van der Waals surface area contributed by atoms with E-state index in [1.54, 1.807) is 0 Å². The van der Waals surface area contributed by atoms with Gasteiger partial charge < -0.3 is 4.90 Å². The highest BCUT2D eigenvalue weighted by molar-refractivity contribution is 5.78. The minimum absolute atomic E-state index is 0.140. The van der Waals surface area contributed by atoms with Crippen molar-refractivity contribution in [3.05, 3.63) is 0 Å². The first-order chi connectivity index (χ1) is 6.13. The highest BCUT2D eigenvalue weighted by atomic mass is 16.2. The lowest BCUT2D eigenvalue weighted by Crippen LogP contribution is -2.34. The third-order valence-corrected chi connectivity index (χ3v) is 2.22. The van der Waals surface area contributed by atoms with Gasteiger partial charge in [-0.3, -0.25) is 4.79 Å². The zero-order valence-corrected chi connectivity index (χ0v) is 9.47. The van der Waals surface area contributed by atoms with Gasteiger partial charge in [-0.2, -0.15) is 0 Å². The van der Waals surface area contributed by atoms with Crippen LogP contribution >= 0.6 is 0 Å². The summed E-state index contributed by atoms with van der Waals surface area (Å²) in [6, 6.07) is 0. The molecule has 0 heterocycles. The van der Waals surface area contributed by atoms with Gasteiger partial charge in [-0.15, -0.1) is 0 Å². The van der Waals surface area contributed by atoms with Crippen LogP contribution in [0.2, 0.25) is 0 Å². The van der Waals surface area contributed by atoms with Gasteiger partial charge in [-0.25, -0.2) is 0 Å². The third-order valence-electron chi connectivity index (χ3n) is 2.22. The molecular formula is C11H23NO. The van der Waals surface area contributed by atoms with Gasteiger partial charge in [0.25, 0.3) is 0 Å². The second kappa shape index (κ2) is 6.93. The summed E-state index contributed by atoms with van der Waals surface area (Å²) in [6.45, 7) is 9.94. The van der Waals surface area contributed by atoms with E-state index in [4.69, 9.17) is 0 Å². The summed E-state index contributed by atoms with van der Waals surface area (Å²) in [4.78, 5) is 13.6. The molecule has 0 aromatic rings. The fourth-order valence-electron chi connectivity index (χ4n) is 1.34. The van der Waals surface area contributed by atoms with Gasteiger partial charge >= 0.3 is 0 Å². The molecule has 0 bridgehead atoms. The summed E-state index contributed by atoms with van der Waals surface area (Å²) in [7, 11) is 0.